The first-order chi connectivity index (χ1) is 8.50. The highest BCUT2D eigenvalue weighted by atomic mass is 16.6. The fraction of sp³-hybridized carbons (Fsp3) is 0.600. The van der Waals surface area contributed by atoms with Gasteiger partial charge in [0.2, 0.25) is 0 Å². The van der Waals surface area contributed by atoms with Gasteiger partial charge < -0.3 is 4.74 Å². The molecule has 4 atom stereocenters. The molecule has 0 bridgehead atoms. The van der Waals surface area contributed by atoms with E-state index in [1.807, 2.05) is 20.8 Å². The normalized spacial score (nSPS) is 39.2. The molecular formula is C15H18O3. The van der Waals surface area contributed by atoms with Gasteiger partial charge in [0, 0.05) is 17.4 Å². The first-order valence-electron chi connectivity index (χ1n) is 6.63. The Morgan fingerprint density at radius 3 is 2.72 bits per heavy atom. The minimum absolute atomic E-state index is 0.0129. The predicted molar refractivity (Wildman–Crippen MR) is 66.7 cm³/mol. The smallest absolute Gasteiger partial charge is 0.309 e. The van der Waals surface area contributed by atoms with Gasteiger partial charge in [0.1, 0.15) is 6.10 Å². The van der Waals surface area contributed by atoms with Crippen LogP contribution < -0.4 is 0 Å². The summed E-state index contributed by atoms with van der Waals surface area (Å²) in [4.78, 5) is 23.8. The number of carbonyl (C=O) groups is 2. The van der Waals surface area contributed by atoms with E-state index in [2.05, 4.69) is 0 Å². The molecule has 1 saturated heterocycles. The van der Waals surface area contributed by atoms with Crippen LogP contribution in [0.5, 0.6) is 0 Å². The molecule has 3 aliphatic rings. The highest BCUT2D eigenvalue weighted by molar-refractivity contribution is 6.09. The van der Waals surface area contributed by atoms with Gasteiger partial charge in [-0.2, -0.15) is 0 Å². The van der Waals surface area contributed by atoms with Gasteiger partial charge in [-0.25, -0.2) is 0 Å². The number of hydrogen-bond acceptors (Lipinski definition) is 3. The summed E-state index contributed by atoms with van der Waals surface area (Å²) in [6.45, 7) is 5.96. The molecule has 0 unspecified atom stereocenters. The third-order valence-corrected chi connectivity index (χ3v) is 4.76. The molecule has 0 spiro atoms. The molecule has 18 heavy (non-hydrogen) atoms. The third kappa shape index (κ3) is 1.43. The van der Waals surface area contributed by atoms with Gasteiger partial charge in [-0.3, -0.25) is 9.59 Å². The van der Waals surface area contributed by atoms with E-state index in [1.54, 1.807) is 6.08 Å². The van der Waals surface area contributed by atoms with E-state index < -0.39 is 0 Å². The maximum atomic E-state index is 12.1. The quantitative estimate of drug-likeness (QED) is 0.616. The highest BCUT2D eigenvalue weighted by Crippen LogP contribution is 2.47. The topological polar surface area (TPSA) is 43.4 Å². The van der Waals surface area contributed by atoms with Crippen LogP contribution in [0.3, 0.4) is 0 Å². The first kappa shape index (κ1) is 11.7. The first-order valence-corrected chi connectivity index (χ1v) is 6.63. The highest BCUT2D eigenvalue weighted by Gasteiger charge is 2.50. The van der Waals surface area contributed by atoms with Gasteiger partial charge in [-0.05, 0) is 32.8 Å². The lowest BCUT2D eigenvalue weighted by molar-refractivity contribution is -0.144. The molecule has 1 fully saturated rings. The van der Waals surface area contributed by atoms with Crippen LogP contribution >= 0.6 is 0 Å². The Hall–Kier alpha value is -1.38. The predicted octanol–water partition coefficient (Wildman–Crippen LogP) is 2.42. The van der Waals surface area contributed by atoms with Crippen LogP contribution in [-0.2, 0) is 14.3 Å². The van der Waals surface area contributed by atoms with Crippen molar-refractivity contribution < 1.29 is 14.3 Å². The number of allylic oxidation sites excluding steroid dienone is 2. The van der Waals surface area contributed by atoms with Crippen molar-refractivity contribution in [3.8, 4) is 0 Å². The second-order valence-electron chi connectivity index (χ2n) is 5.82. The third-order valence-electron chi connectivity index (χ3n) is 4.76. The maximum Gasteiger partial charge on any atom is 0.309 e. The molecule has 0 N–H and O–H groups in total. The maximum absolute atomic E-state index is 12.1. The van der Waals surface area contributed by atoms with Gasteiger partial charge in [0.25, 0.3) is 0 Å². The van der Waals surface area contributed by atoms with Crippen molar-refractivity contribution in [2.75, 3.05) is 0 Å². The zero-order chi connectivity index (χ0) is 13.0. The van der Waals surface area contributed by atoms with Crippen LogP contribution in [0, 0.1) is 17.8 Å². The summed E-state index contributed by atoms with van der Waals surface area (Å²) in [6, 6.07) is 0. The Bertz CT molecular complexity index is 498. The fourth-order valence-corrected chi connectivity index (χ4v) is 3.69. The Morgan fingerprint density at radius 2 is 2.00 bits per heavy atom. The van der Waals surface area contributed by atoms with Crippen molar-refractivity contribution in [1.29, 1.82) is 0 Å². The molecule has 0 aromatic heterocycles. The van der Waals surface area contributed by atoms with Crippen molar-refractivity contribution in [3.63, 3.8) is 0 Å². The summed E-state index contributed by atoms with van der Waals surface area (Å²) in [7, 11) is 0. The fourth-order valence-electron chi connectivity index (χ4n) is 3.69. The number of carbonyl (C=O) groups excluding carboxylic acids is 2. The van der Waals surface area contributed by atoms with Crippen LogP contribution in [0.1, 0.15) is 33.6 Å². The van der Waals surface area contributed by atoms with E-state index in [0.717, 1.165) is 24.0 Å². The van der Waals surface area contributed by atoms with E-state index in [1.165, 1.54) is 5.57 Å². The molecule has 3 nitrogen and oxygen atoms in total. The van der Waals surface area contributed by atoms with Crippen molar-refractivity contribution in [3.05, 3.63) is 22.8 Å². The van der Waals surface area contributed by atoms with Gasteiger partial charge >= 0.3 is 5.97 Å². The van der Waals surface area contributed by atoms with Gasteiger partial charge in [0.15, 0.2) is 5.78 Å². The van der Waals surface area contributed by atoms with E-state index in [0.29, 0.717) is 0 Å². The molecule has 0 saturated carbocycles. The summed E-state index contributed by atoms with van der Waals surface area (Å²) < 4.78 is 5.57. The SMILES string of the molecule is CC1=CC(=O)C2=C(C)CC[C@H]3[C@H](OC(=O)[C@H]3C)[C@H]12. The molecule has 0 aromatic carbocycles. The van der Waals surface area contributed by atoms with E-state index in [9.17, 15) is 9.59 Å². The number of ether oxygens (including phenoxy) is 1. The van der Waals surface area contributed by atoms with Crippen LogP contribution in [0.4, 0.5) is 0 Å². The molecule has 1 heterocycles. The lowest BCUT2D eigenvalue weighted by Gasteiger charge is -2.24. The largest absolute Gasteiger partial charge is 0.461 e. The van der Waals surface area contributed by atoms with Crippen molar-refractivity contribution in [2.24, 2.45) is 17.8 Å². The number of fused-ring (bicyclic) bond motifs is 3. The monoisotopic (exact) mass is 246 g/mol. The Kier molecular flexibility index (Phi) is 2.47. The Balaban J connectivity index is 2.07. The summed E-state index contributed by atoms with van der Waals surface area (Å²) in [5.41, 5.74) is 3.12. The second kappa shape index (κ2) is 3.81. The average molecular weight is 246 g/mol. The molecular weight excluding hydrogens is 228 g/mol. The number of ketones is 1. The van der Waals surface area contributed by atoms with Gasteiger partial charge in [-0.1, -0.05) is 18.1 Å². The number of esters is 1. The number of hydrogen-bond donors (Lipinski definition) is 0. The number of rotatable bonds is 0. The molecule has 2 aliphatic carbocycles. The lowest BCUT2D eigenvalue weighted by atomic mass is 9.81. The summed E-state index contributed by atoms with van der Waals surface area (Å²) >= 11 is 0. The van der Waals surface area contributed by atoms with Gasteiger partial charge in [0.05, 0.1) is 5.92 Å². The van der Waals surface area contributed by atoms with E-state index >= 15 is 0 Å². The van der Waals surface area contributed by atoms with E-state index in [-0.39, 0.29) is 35.6 Å². The zero-order valence-corrected chi connectivity index (χ0v) is 11.0. The van der Waals surface area contributed by atoms with Crippen LogP contribution in [0.25, 0.3) is 0 Å². The van der Waals surface area contributed by atoms with Crippen LogP contribution in [-0.4, -0.2) is 17.9 Å². The minimum atomic E-state index is -0.123. The Morgan fingerprint density at radius 1 is 1.28 bits per heavy atom. The van der Waals surface area contributed by atoms with Crippen molar-refractivity contribution >= 4 is 11.8 Å². The van der Waals surface area contributed by atoms with Crippen LogP contribution in [0.2, 0.25) is 0 Å². The summed E-state index contributed by atoms with van der Waals surface area (Å²) in [5, 5.41) is 0. The van der Waals surface area contributed by atoms with Crippen LogP contribution in [0.15, 0.2) is 22.8 Å². The molecule has 3 heteroatoms. The van der Waals surface area contributed by atoms with Gasteiger partial charge in [-0.15, -0.1) is 0 Å². The average Bonchev–Trinajstić information content (AvgIpc) is 2.68. The lowest BCUT2D eigenvalue weighted by Crippen LogP contribution is -2.28. The van der Waals surface area contributed by atoms with Crippen molar-refractivity contribution in [1.82, 2.24) is 0 Å². The molecule has 96 valence electrons. The second-order valence-corrected chi connectivity index (χ2v) is 5.82. The molecule has 0 aromatic rings. The molecule has 1 aliphatic heterocycles. The molecule has 0 amide bonds. The standard InChI is InChI=1S/C15H18O3/c1-7-4-5-10-9(3)15(17)18-14(10)13-8(2)6-11(16)12(7)13/h6,9-10,13-14H,4-5H2,1-3H3/t9-,10+,13+,14-/m0/s1. The molecule has 0 radical (unpaired) electrons. The summed E-state index contributed by atoms with van der Waals surface area (Å²) in [5.74, 6) is 0.246. The van der Waals surface area contributed by atoms with E-state index in [4.69, 9.17) is 4.74 Å². The molecule has 3 rings (SSSR count). The zero-order valence-electron chi connectivity index (χ0n) is 11.0. The van der Waals surface area contributed by atoms with Crippen molar-refractivity contribution in [2.45, 2.75) is 39.7 Å². The Labute approximate surface area is 107 Å². The summed E-state index contributed by atoms with van der Waals surface area (Å²) in [6.07, 6.45) is 3.44. The minimum Gasteiger partial charge on any atom is -0.461 e.